The summed E-state index contributed by atoms with van der Waals surface area (Å²) in [7, 11) is 2.91. The Morgan fingerprint density at radius 1 is 1.40 bits per heavy atom. The normalized spacial score (nSPS) is 15.9. The molecule has 1 aliphatic rings. The van der Waals surface area contributed by atoms with E-state index in [1.165, 1.54) is 14.2 Å². The summed E-state index contributed by atoms with van der Waals surface area (Å²) in [6.45, 7) is 2.76. The topological polar surface area (TPSA) is 94.4 Å². The second-order valence-corrected chi connectivity index (χ2v) is 6.87. The molecule has 2 heterocycles. The molecule has 1 aliphatic heterocycles. The van der Waals surface area contributed by atoms with Crippen LogP contribution in [-0.4, -0.2) is 49.3 Å². The summed E-state index contributed by atoms with van der Waals surface area (Å²) in [4.78, 5) is 25.8. The average Bonchev–Trinajstić information content (AvgIpc) is 3.26. The molecule has 1 unspecified atom stereocenters. The highest BCUT2D eigenvalue weighted by Gasteiger charge is 2.21. The van der Waals surface area contributed by atoms with Gasteiger partial charge in [0.05, 0.1) is 11.6 Å². The van der Waals surface area contributed by atoms with Crippen LogP contribution in [0.1, 0.15) is 30.0 Å². The molecule has 1 aromatic heterocycles. The number of nitrogens with one attached hydrogen (secondary N) is 1. The van der Waals surface area contributed by atoms with Crippen molar-refractivity contribution < 1.29 is 19.1 Å². The number of amides is 1. The zero-order valence-corrected chi connectivity index (χ0v) is 17.8. The molecule has 2 aromatic rings. The summed E-state index contributed by atoms with van der Waals surface area (Å²) in [5.41, 5.74) is 2.17. The number of benzene rings is 1. The van der Waals surface area contributed by atoms with Crippen molar-refractivity contribution in [2.45, 2.75) is 26.0 Å². The molecule has 1 aromatic carbocycles. The average molecular weight is 431 g/mol. The zero-order chi connectivity index (χ0) is 21.5. The zero-order valence-electron chi connectivity index (χ0n) is 17.0. The lowest BCUT2D eigenvalue weighted by Gasteiger charge is -2.12. The van der Waals surface area contributed by atoms with Crippen LogP contribution in [0.3, 0.4) is 0 Å². The van der Waals surface area contributed by atoms with Gasteiger partial charge < -0.3 is 19.6 Å². The highest BCUT2D eigenvalue weighted by atomic mass is 35.5. The van der Waals surface area contributed by atoms with Crippen molar-refractivity contribution >= 4 is 29.1 Å². The van der Waals surface area contributed by atoms with Gasteiger partial charge in [0, 0.05) is 18.8 Å². The van der Waals surface area contributed by atoms with Gasteiger partial charge >= 0.3 is 0 Å². The van der Waals surface area contributed by atoms with Gasteiger partial charge in [0.1, 0.15) is 25.3 Å². The van der Waals surface area contributed by atoms with E-state index in [2.05, 4.69) is 27.4 Å². The summed E-state index contributed by atoms with van der Waals surface area (Å²) in [5.74, 6) is 0.442. The van der Waals surface area contributed by atoms with Crippen LogP contribution in [0.2, 0.25) is 5.02 Å². The van der Waals surface area contributed by atoms with Crippen molar-refractivity contribution in [2.75, 3.05) is 20.8 Å². The van der Waals surface area contributed by atoms with E-state index >= 15 is 0 Å². The van der Waals surface area contributed by atoms with E-state index in [9.17, 15) is 4.79 Å². The lowest BCUT2D eigenvalue weighted by Crippen LogP contribution is -2.29. The van der Waals surface area contributed by atoms with E-state index in [-0.39, 0.29) is 30.1 Å². The number of halogens is 1. The first-order chi connectivity index (χ1) is 14.6. The molecule has 30 heavy (non-hydrogen) atoms. The third-order valence-corrected chi connectivity index (χ3v) is 4.77. The first kappa shape index (κ1) is 21.6. The number of pyridine rings is 1. The smallest absolute Gasteiger partial charge is 0.273 e. The molecule has 0 radical (unpaired) electrons. The van der Waals surface area contributed by atoms with Crippen molar-refractivity contribution in [3.05, 3.63) is 58.2 Å². The van der Waals surface area contributed by atoms with Gasteiger partial charge in [0.15, 0.2) is 5.71 Å². The van der Waals surface area contributed by atoms with E-state index in [1.807, 2.05) is 12.1 Å². The molecule has 1 N–H and O–H groups in total. The summed E-state index contributed by atoms with van der Waals surface area (Å²) in [6, 6.07) is 9.12. The number of carbonyl (C=O) groups is 1. The Hall–Kier alpha value is -3.13. The molecule has 8 nitrogen and oxygen atoms in total. The molecule has 0 saturated carbocycles. The number of carbonyl (C=O) groups excluding carboxylic acids is 1. The maximum absolute atomic E-state index is 12.2. The molecular formula is C21H23ClN4O4. The summed E-state index contributed by atoms with van der Waals surface area (Å²) in [6.07, 6.45) is 2.53. The van der Waals surface area contributed by atoms with Crippen molar-refractivity contribution in [1.82, 2.24) is 10.3 Å². The second kappa shape index (κ2) is 10.1. The van der Waals surface area contributed by atoms with E-state index in [0.717, 1.165) is 12.0 Å². The van der Waals surface area contributed by atoms with Gasteiger partial charge in [0.25, 0.3) is 5.91 Å². The number of hydrogen-bond donors (Lipinski definition) is 1. The summed E-state index contributed by atoms with van der Waals surface area (Å²) in [5, 5.41) is 6.74. The standard InChI is InChI=1S/C21H23ClN4O4/c1-4-15-12-30-20(25-15)14-9-17(22)21(24-10-14)29-11-13-7-5-6-8-16(13)18(26-28-3)19(27)23-2/h5-10,15H,4,11-12H2,1-3H3,(H,23,27)/b26-18-. The quantitative estimate of drug-likeness (QED) is 0.513. The first-order valence-corrected chi connectivity index (χ1v) is 9.86. The van der Waals surface area contributed by atoms with E-state index in [4.69, 9.17) is 25.9 Å². The molecule has 0 spiro atoms. The van der Waals surface area contributed by atoms with Gasteiger partial charge in [-0.3, -0.25) is 4.79 Å². The minimum atomic E-state index is -0.368. The van der Waals surface area contributed by atoms with E-state index in [1.54, 1.807) is 24.4 Å². The molecule has 0 fully saturated rings. The number of rotatable bonds is 8. The molecular weight excluding hydrogens is 408 g/mol. The minimum Gasteiger partial charge on any atom is -0.475 e. The molecule has 3 rings (SSSR count). The van der Waals surface area contributed by atoms with Gasteiger partial charge in [0.2, 0.25) is 11.8 Å². The maximum Gasteiger partial charge on any atom is 0.273 e. The van der Waals surface area contributed by atoms with Crippen LogP contribution in [-0.2, 0) is 21.0 Å². The van der Waals surface area contributed by atoms with Crippen LogP contribution < -0.4 is 10.1 Å². The Kier molecular flexibility index (Phi) is 7.24. The van der Waals surface area contributed by atoms with Gasteiger partial charge in [-0.2, -0.15) is 0 Å². The predicted octanol–water partition coefficient (Wildman–Crippen LogP) is 2.97. The fourth-order valence-corrected chi connectivity index (χ4v) is 3.10. The highest BCUT2D eigenvalue weighted by molar-refractivity contribution is 6.45. The minimum absolute atomic E-state index is 0.136. The third kappa shape index (κ3) is 4.88. The van der Waals surface area contributed by atoms with Crippen LogP contribution in [0.15, 0.2) is 46.7 Å². The molecule has 0 aliphatic carbocycles. The monoisotopic (exact) mass is 430 g/mol. The van der Waals surface area contributed by atoms with Gasteiger partial charge in [-0.05, 0) is 18.1 Å². The van der Waals surface area contributed by atoms with Crippen molar-refractivity contribution in [3.8, 4) is 5.88 Å². The maximum atomic E-state index is 12.2. The number of aromatic nitrogens is 1. The molecule has 0 bridgehead atoms. The highest BCUT2D eigenvalue weighted by Crippen LogP contribution is 2.26. The number of hydrogen-bond acceptors (Lipinski definition) is 7. The predicted molar refractivity (Wildman–Crippen MR) is 114 cm³/mol. The van der Waals surface area contributed by atoms with Crippen LogP contribution in [0.5, 0.6) is 5.88 Å². The van der Waals surface area contributed by atoms with Crippen LogP contribution in [0.25, 0.3) is 0 Å². The second-order valence-electron chi connectivity index (χ2n) is 6.47. The van der Waals surface area contributed by atoms with Crippen LogP contribution in [0, 0.1) is 0 Å². The van der Waals surface area contributed by atoms with E-state index < -0.39 is 0 Å². The van der Waals surface area contributed by atoms with Crippen LogP contribution >= 0.6 is 11.6 Å². The van der Waals surface area contributed by atoms with Crippen molar-refractivity contribution in [1.29, 1.82) is 0 Å². The Morgan fingerprint density at radius 3 is 2.87 bits per heavy atom. The SMILES string of the molecule is CCC1COC(c2cnc(OCc3ccccc3/C(=N/OC)C(=O)NC)c(Cl)c2)=N1. The third-order valence-electron chi connectivity index (χ3n) is 4.50. The fourth-order valence-electron chi connectivity index (χ4n) is 2.88. The van der Waals surface area contributed by atoms with Crippen LogP contribution in [0.4, 0.5) is 0 Å². The molecule has 0 saturated heterocycles. The van der Waals surface area contributed by atoms with E-state index in [0.29, 0.717) is 28.7 Å². The van der Waals surface area contributed by atoms with Gasteiger partial charge in [-0.25, -0.2) is 9.98 Å². The Morgan fingerprint density at radius 2 is 2.20 bits per heavy atom. The van der Waals surface area contributed by atoms with Gasteiger partial charge in [-0.15, -0.1) is 0 Å². The fraction of sp³-hybridized carbons (Fsp3) is 0.333. The number of ether oxygens (including phenoxy) is 2. The summed E-state index contributed by atoms with van der Waals surface area (Å²) < 4.78 is 11.4. The molecule has 1 amide bonds. The Balaban J connectivity index is 1.78. The number of oxime groups is 1. The molecule has 9 heteroatoms. The van der Waals surface area contributed by atoms with Crippen molar-refractivity contribution in [2.24, 2.45) is 10.1 Å². The lowest BCUT2D eigenvalue weighted by atomic mass is 10.0. The Bertz CT molecular complexity index is 977. The van der Waals surface area contributed by atoms with Gasteiger partial charge in [-0.1, -0.05) is 47.9 Å². The first-order valence-electron chi connectivity index (χ1n) is 9.48. The largest absolute Gasteiger partial charge is 0.475 e. The number of aliphatic imine (C=N–C) groups is 1. The number of nitrogens with zero attached hydrogens (tertiary/aromatic N) is 3. The van der Waals surface area contributed by atoms with Crippen molar-refractivity contribution in [3.63, 3.8) is 0 Å². The Labute approximate surface area is 179 Å². The summed E-state index contributed by atoms with van der Waals surface area (Å²) >= 11 is 6.36. The molecule has 158 valence electrons. The lowest BCUT2D eigenvalue weighted by molar-refractivity contribution is -0.114. The molecule has 1 atom stereocenters. The number of likely N-dealkylation sites (N-methyl/N-ethyl adjacent to an activating group) is 1.